The number of H-pyrrole nitrogens is 1. The van der Waals surface area contributed by atoms with Crippen molar-refractivity contribution in [3.8, 4) is 17.0 Å². The normalized spacial score (nSPS) is 16.5. The van der Waals surface area contributed by atoms with Crippen LogP contribution in [0, 0.1) is 0 Å². The Kier molecular flexibility index (Phi) is 6.45. The van der Waals surface area contributed by atoms with Gasteiger partial charge in [-0.05, 0) is 42.8 Å². The number of hydrogen-bond acceptors (Lipinski definition) is 7. The molecule has 0 spiro atoms. The zero-order chi connectivity index (χ0) is 24.5. The number of halogens is 3. The van der Waals surface area contributed by atoms with Crippen molar-refractivity contribution in [3.05, 3.63) is 54.4 Å². The molecule has 4 rings (SSSR count). The van der Waals surface area contributed by atoms with Crippen molar-refractivity contribution in [1.29, 1.82) is 0 Å². The number of benzene rings is 1. The van der Waals surface area contributed by atoms with E-state index in [2.05, 4.69) is 25.2 Å². The van der Waals surface area contributed by atoms with Crippen LogP contribution in [0.15, 0.2) is 48.8 Å². The van der Waals surface area contributed by atoms with Gasteiger partial charge in [0.1, 0.15) is 11.6 Å². The van der Waals surface area contributed by atoms with Crippen molar-refractivity contribution in [2.45, 2.75) is 17.2 Å². The molecule has 0 radical (unpaired) electrons. The number of nitrogens with one attached hydrogen (secondary N) is 2. The molecule has 9 nitrogen and oxygen atoms in total. The molecule has 180 valence electrons. The van der Waals surface area contributed by atoms with Gasteiger partial charge in [0.05, 0.1) is 16.5 Å². The third kappa shape index (κ3) is 5.62. The summed E-state index contributed by atoms with van der Waals surface area (Å²) in [5.74, 6) is -0.106. The van der Waals surface area contributed by atoms with E-state index in [1.165, 1.54) is 36.7 Å². The highest BCUT2D eigenvalue weighted by Crippen LogP contribution is 2.32. The van der Waals surface area contributed by atoms with E-state index in [4.69, 9.17) is 11.6 Å². The SMILES string of the molecule is CS(=O)(=O)[C@@H]1CCN(c2ncc(C(=O)Nc3ccc(OC(F)(F)Cl)cc3)cc2-c2ccn[nH]2)C1. The van der Waals surface area contributed by atoms with Crippen molar-refractivity contribution in [3.63, 3.8) is 0 Å². The number of aromatic nitrogens is 3. The maximum Gasteiger partial charge on any atom is 0.487 e. The predicted molar refractivity (Wildman–Crippen MR) is 123 cm³/mol. The van der Waals surface area contributed by atoms with E-state index >= 15 is 0 Å². The largest absolute Gasteiger partial charge is 0.487 e. The second-order valence-corrected chi connectivity index (χ2v) is 10.5. The van der Waals surface area contributed by atoms with Crippen LogP contribution in [0.4, 0.5) is 20.3 Å². The fraction of sp³-hybridized carbons (Fsp3) is 0.286. The maximum absolute atomic E-state index is 12.8. The molecule has 1 saturated heterocycles. The van der Waals surface area contributed by atoms with Crippen LogP contribution in [-0.2, 0) is 9.84 Å². The molecule has 1 aliphatic rings. The van der Waals surface area contributed by atoms with E-state index in [-0.39, 0.29) is 11.3 Å². The number of anilines is 2. The predicted octanol–water partition coefficient (Wildman–Crippen LogP) is 3.52. The second-order valence-electron chi connectivity index (χ2n) is 7.78. The van der Waals surface area contributed by atoms with Crippen molar-refractivity contribution < 1.29 is 26.7 Å². The van der Waals surface area contributed by atoms with E-state index in [0.717, 1.165) is 0 Å². The summed E-state index contributed by atoms with van der Waals surface area (Å²) in [7, 11) is -3.19. The van der Waals surface area contributed by atoms with Crippen molar-refractivity contribution in [2.24, 2.45) is 0 Å². The Morgan fingerprint density at radius 3 is 2.62 bits per heavy atom. The molecule has 2 N–H and O–H groups in total. The average molecular weight is 512 g/mol. The number of alkyl halides is 3. The quantitative estimate of drug-likeness (QED) is 0.466. The van der Waals surface area contributed by atoms with Gasteiger partial charge in [-0.25, -0.2) is 13.4 Å². The first-order chi connectivity index (χ1) is 16.0. The summed E-state index contributed by atoms with van der Waals surface area (Å²) < 4.78 is 53.7. The van der Waals surface area contributed by atoms with Gasteiger partial charge in [-0.15, -0.1) is 8.78 Å². The van der Waals surface area contributed by atoms with E-state index in [0.29, 0.717) is 42.3 Å². The van der Waals surface area contributed by atoms with Crippen LogP contribution in [0.2, 0.25) is 0 Å². The first-order valence-electron chi connectivity index (χ1n) is 10.1. The number of carbonyl (C=O) groups excluding carboxylic acids is 1. The minimum Gasteiger partial charge on any atom is -0.420 e. The summed E-state index contributed by atoms with van der Waals surface area (Å²) in [6.07, 6.45) is 4.66. The Balaban J connectivity index is 1.56. The zero-order valence-corrected chi connectivity index (χ0v) is 19.4. The summed E-state index contributed by atoms with van der Waals surface area (Å²) in [5.41, 5.74) is -2.05. The van der Waals surface area contributed by atoms with E-state index in [9.17, 15) is 22.0 Å². The van der Waals surface area contributed by atoms with Gasteiger partial charge in [0.25, 0.3) is 5.91 Å². The van der Waals surface area contributed by atoms with E-state index in [1.807, 2.05) is 4.90 Å². The fourth-order valence-corrected chi connectivity index (χ4v) is 4.72. The maximum atomic E-state index is 12.8. The third-order valence-electron chi connectivity index (χ3n) is 5.32. The standard InChI is InChI=1S/C21H20ClF2N5O4S/c1-34(31,32)16-7-9-29(12-16)19-17(18-6-8-26-28-18)10-13(11-25-19)20(30)27-14-2-4-15(5-3-14)33-21(22,23)24/h2-6,8,10-11,16H,7,9,12H2,1H3,(H,26,28)(H,27,30)/t16-/m1/s1. The topological polar surface area (TPSA) is 117 Å². The average Bonchev–Trinajstić information content (AvgIpc) is 3.46. The second kappa shape index (κ2) is 9.18. The van der Waals surface area contributed by atoms with Crippen LogP contribution in [0.25, 0.3) is 11.3 Å². The van der Waals surface area contributed by atoms with Gasteiger partial charge in [0.15, 0.2) is 9.84 Å². The van der Waals surface area contributed by atoms with Crippen molar-refractivity contribution in [2.75, 3.05) is 29.6 Å². The van der Waals surface area contributed by atoms with Crippen molar-refractivity contribution >= 4 is 38.9 Å². The molecular weight excluding hydrogens is 492 g/mol. The smallest absolute Gasteiger partial charge is 0.420 e. The minimum absolute atomic E-state index is 0.163. The molecule has 34 heavy (non-hydrogen) atoms. The number of ether oxygens (including phenoxy) is 1. The Bertz CT molecular complexity index is 1280. The number of aromatic amines is 1. The van der Waals surface area contributed by atoms with Crippen LogP contribution in [0.3, 0.4) is 0 Å². The lowest BCUT2D eigenvalue weighted by atomic mass is 10.1. The molecule has 0 bridgehead atoms. The number of nitrogens with zero attached hydrogens (tertiary/aromatic N) is 3. The van der Waals surface area contributed by atoms with Gasteiger partial charge in [0, 0.05) is 54.6 Å². The Morgan fingerprint density at radius 1 is 1.29 bits per heavy atom. The van der Waals surface area contributed by atoms with E-state index in [1.54, 1.807) is 18.3 Å². The van der Waals surface area contributed by atoms with Crippen LogP contribution < -0.4 is 15.0 Å². The van der Waals surface area contributed by atoms with Crippen molar-refractivity contribution in [1.82, 2.24) is 15.2 Å². The number of pyridine rings is 1. The number of amides is 1. The summed E-state index contributed by atoms with van der Waals surface area (Å²) in [4.78, 5) is 19.1. The van der Waals surface area contributed by atoms with Gasteiger partial charge in [0.2, 0.25) is 0 Å². The van der Waals surface area contributed by atoms with Crippen LogP contribution >= 0.6 is 11.6 Å². The molecule has 1 aliphatic heterocycles. The molecular formula is C21H20ClF2N5O4S. The number of carbonyl (C=O) groups is 1. The molecule has 13 heteroatoms. The minimum atomic E-state index is -3.84. The number of sulfone groups is 1. The highest BCUT2D eigenvalue weighted by molar-refractivity contribution is 7.91. The molecule has 0 saturated carbocycles. The van der Waals surface area contributed by atoms with Crippen LogP contribution in [-0.4, -0.2) is 59.7 Å². The first-order valence-corrected chi connectivity index (χ1v) is 12.4. The summed E-state index contributed by atoms with van der Waals surface area (Å²) in [6, 6.07) is 8.62. The summed E-state index contributed by atoms with van der Waals surface area (Å²) >= 11 is 4.75. The highest BCUT2D eigenvalue weighted by Gasteiger charge is 2.32. The lowest BCUT2D eigenvalue weighted by Crippen LogP contribution is -2.27. The summed E-state index contributed by atoms with van der Waals surface area (Å²) in [6.45, 7) is 0.807. The number of rotatable bonds is 7. The molecule has 1 atom stereocenters. The van der Waals surface area contributed by atoms with Crippen LogP contribution in [0.5, 0.6) is 5.75 Å². The van der Waals surface area contributed by atoms with Crippen LogP contribution in [0.1, 0.15) is 16.8 Å². The van der Waals surface area contributed by atoms with Gasteiger partial charge >= 0.3 is 5.57 Å². The van der Waals surface area contributed by atoms with Gasteiger partial charge < -0.3 is 15.0 Å². The highest BCUT2D eigenvalue weighted by atomic mass is 35.5. The molecule has 2 aromatic heterocycles. The number of hydrogen-bond donors (Lipinski definition) is 2. The zero-order valence-electron chi connectivity index (χ0n) is 17.8. The molecule has 1 amide bonds. The summed E-state index contributed by atoms with van der Waals surface area (Å²) in [5, 5.41) is 8.98. The molecule has 3 heterocycles. The van der Waals surface area contributed by atoms with Gasteiger partial charge in [-0.3, -0.25) is 9.89 Å². The molecule has 1 fully saturated rings. The first kappa shape index (κ1) is 23.9. The fourth-order valence-electron chi connectivity index (χ4n) is 3.65. The molecule has 0 unspecified atom stereocenters. The molecule has 1 aromatic carbocycles. The molecule has 3 aromatic rings. The third-order valence-corrected chi connectivity index (χ3v) is 6.99. The monoisotopic (exact) mass is 511 g/mol. The Labute approximate surface area is 199 Å². The Hall–Kier alpha value is -3.25. The van der Waals surface area contributed by atoms with E-state index < -0.39 is 26.6 Å². The molecule has 0 aliphatic carbocycles. The van der Waals surface area contributed by atoms with Gasteiger partial charge in [-0.2, -0.15) is 5.10 Å². The lowest BCUT2D eigenvalue weighted by Gasteiger charge is -2.21. The van der Waals surface area contributed by atoms with Gasteiger partial charge in [-0.1, -0.05) is 0 Å². The Morgan fingerprint density at radius 2 is 2.03 bits per heavy atom. The lowest BCUT2D eigenvalue weighted by molar-refractivity contribution is -0.0964.